The molecule has 1 aromatic heterocycles. The minimum Gasteiger partial charge on any atom is -0.448 e. The van der Waals surface area contributed by atoms with Crippen LogP contribution in [-0.4, -0.2) is 51.5 Å². The molecule has 40 heavy (non-hydrogen) atoms. The quantitative estimate of drug-likeness (QED) is 0.398. The van der Waals surface area contributed by atoms with Crippen molar-refractivity contribution in [2.45, 2.75) is 76.5 Å². The number of oxazole rings is 1. The van der Waals surface area contributed by atoms with Gasteiger partial charge in [0.25, 0.3) is 11.8 Å². The van der Waals surface area contributed by atoms with Crippen molar-refractivity contribution < 1.29 is 32.8 Å². The Morgan fingerprint density at radius 2 is 1.95 bits per heavy atom. The molecule has 5 amide bonds. The van der Waals surface area contributed by atoms with Crippen LogP contribution in [0.3, 0.4) is 0 Å². The Morgan fingerprint density at radius 1 is 1.20 bits per heavy atom. The molecule has 2 atom stereocenters. The molecule has 5 rings (SSSR count). The largest absolute Gasteiger partial charge is 0.448 e. The van der Waals surface area contributed by atoms with E-state index in [0.29, 0.717) is 5.56 Å². The van der Waals surface area contributed by atoms with Crippen molar-refractivity contribution in [3.8, 4) is 0 Å². The van der Waals surface area contributed by atoms with Crippen molar-refractivity contribution >= 4 is 35.2 Å². The predicted molar refractivity (Wildman–Crippen MR) is 139 cm³/mol. The number of hydrogen-bond donors (Lipinski definition) is 2. The van der Waals surface area contributed by atoms with Crippen LogP contribution in [0.25, 0.3) is 0 Å². The van der Waals surface area contributed by atoms with E-state index in [4.69, 9.17) is 4.42 Å². The number of hydrogen-bond acceptors (Lipinski definition) is 7. The first-order valence-corrected chi connectivity index (χ1v) is 13.3. The molecule has 11 nitrogen and oxygen atoms in total. The highest BCUT2D eigenvalue weighted by Crippen LogP contribution is 2.39. The van der Waals surface area contributed by atoms with E-state index in [1.54, 1.807) is 19.1 Å². The first kappa shape index (κ1) is 27.2. The van der Waals surface area contributed by atoms with Crippen molar-refractivity contribution in [2.24, 2.45) is 0 Å². The Balaban J connectivity index is 1.58. The van der Waals surface area contributed by atoms with Gasteiger partial charge in [0.05, 0.1) is 11.3 Å². The molecule has 0 bridgehead atoms. The summed E-state index contributed by atoms with van der Waals surface area (Å²) in [5.74, 6) is -4.48. The van der Waals surface area contributed by atoms with Crippen LogP contribution in [0, 0.1) is 6.92 Å². The van der Waals surface area contributed by atoms with Gasteiger partial charge in [-0.15, -0.1) is 0 Å². The zero-order chi connectivity index (χ0) is 28.6. The number of anilines is 1. The zero-order valence-corrected chi connectivity index (χ0v) is 22.1. The van der Waals surface area contributed by atoms with Crippen LogP contribution in [0.5, 0.6) is 0 Å². The van der Waals surface area contributed by atoms with Crippen LogP contribution in [-0.2, 0) is 25.7 Å². The molecule has 2 aromatic rings. The SMILES string of the molecule is C=C(F)C(=O)N(c1cccc2c1C(=O)N(C1CCC(=O)NC1=O)C2)C(C(=O)NC1CCCCC1)c1ncoc1C. The van der Waals surface area contributed by atoms with Crippen LogP contribution in [0.15, 0.2) is 41.4 Å². The number of rotatable bonds is 7. The average molecular weight is 552 g/mol. The molecule has 1 aliphatic carbocycles. The fourth-order valence-electron chi connectivity index (χ4n) is 5.76. The number of fused-ring (bicyclic) bond motifs is 1. The van der Waals surface area contributed by atoms with E-state index in [2.05, 4.69) is 22.2 Å². The fourth-order valence-corrected chi connectivity index (χ4v) is 5.76. The lowest BCUT2D eigenvalue weighted by atomic mass is 9.95. The molecule has 3 aliphatic rings. The maximum absolute atomic E-state index is 14.6. The molecule has 1 aromatic carbocycles. The monoisotopic (exact) mass is 551 g/mol. The standard InChI is InChI=1S/C28H30FN5O6/c1-15(29)27(38)34(24(23-16(2)40-14-30-23)26(37)31-18-8-4-3-5-9-18)19-10-6-7-17-13-33(28(39)22(17)19)20-11-12-21(35)32-25(20)36/h6-7,10,14,18,20,24H,1,3-5,8-9,11-13H2,2H3,(H,31,37)(H,32,35,36). The summed E-state index contributed by atoms with van der Waals surface area (Å²) in [4.78, 5) is 71.7. The second kappa shape index (κ2) is 11.0. The van der Waals surface area contributed by atoms with E-state index in [-0.39, 0.29) is 48.1 Å². The fraction of sp³-hybridized carbons (Fsp3) is 0.429. The van der Waals surface area contributed by atoms with E-state index in [9.17, 15) is 28.4 Å². The first-order chi connectivity index (χ1) is 19.2. The van der Waals surface area contributed by atoms with Gasteiger partial charge in [0.2, 0.25) is 17.7 Å². The number of aromatic nitrogens is 1. The number of carbonyl (C=O) groups excluding carboxylic acids is 5. The number of imide groups is 1. The number of nitrogens with zero attached hydrogens (tertiary/aromatic N) is 3. The van der Waals surface area contributed by atoms with Gasteiger partial charge in [0.1, 0.15) is 17.5 Å². The lowest BCUT2D eigenvalue weighted by Crippen LogP contribution is -2.52. The second-order valence-electron chi connectivity index (χ2n) is 10.3. The van der Waals surface area contributed by atoms with Crippen LogP contribution < -0.4 is 15.5 Å². The summed E-state index contributed by atoms with van der Waals surface area (Å²) in [7, 11) is 0. The molecule has 0 spiro atoms. The summed E-state index contributed by atoms with van der Waals surface area (Å²) in [6, 6.07) is 2.20. The minimum atomic E-state index is -1.47. The number of halogens is 1. The average Bonchev–Trinajstić information content (AvgIpc) is 3.50. The summed E-state index contributed by atoms with van der Waals surface area (Å²) in [5, 5.41) is 5.23. The van der Waals surface area contributed by atoms with Gasteiger partial charge >= 0.3 is 0 Å². The lowest BCUT2D eigenvalue weighted by molar-refractivity contribution is -0.137. The van der Waals surface area contributed by atoms with Crippen LogP contribution in [0.2, 0.25) is 0 Å². The summed E-state index contributed by atoms with van der Waals surface area (Å²) in [5.41, 5.74) is 0.608. The molecule has 12 heteroatoms. The Hall–Kier alpha value is -4.35. The normalized spacial score (nSPS) is 20.1. The van der Waals surface area contributed by atoms with Crippen LogP contribution in [0.4, 0.5) is 10.1 Å². The molecule has 0 radical (unpaired) electrons. The highest BCUT2D eigenvalue weighted by molar-refractivity contribution is 6.14. The second-order valence-corrected chi connectivity index (χ2v) is 10.3. The van der Waals surface area contributed by atoms with Crippen molar-refractivity contribution in [3.05, 3.63) is 59.6 Å². The predicted octanol–water partition coefficient (Wildman–Crippen LogP) is 2.75. The zero-order valence-electron chi connectivity index (χ0n) is 22.1. The van der Waals surface area contributed by atoms with Gasteiger partial charge in [-0.3, -0.25) is 34.2 Å². The van der Waals surface area contributed by atoms with Crippen molar-refractivity contribution in [2.75, 3.05) is 4.90 Å². The number of piperidine rings is 1. The van der Waals surface area contributed by atoms with Gasteiger partial charge in [-0.25, -0.2) is 9.37 Å². The van der Waals surface area contributed by atoms with E-state index < -0.39 is 47.4 Å². The smallest absolute Gasteiger partial charge is 0.287 e. The molecule has 210 valence electrons. The number of aryl methyl sites for hydroxylation is 1. The molecule has 1 saturated carbocycles. The molecule has 2 N–H and O–H groups in total. The minimum absolute atomic E-state index is 0.0210. The topological polar surface area (TPSA) is 142 Å². The van der Waals surface area contributed by atoms with E-state index in [0.717, 1.165) is 43.4 Å². The maximum atomic E-state index is 14.6. The third-order valence-electron chi connectivity index (χ3n) is 7.74. The number of carbonyl (C=O) groups is 5. The van der Waals surface area contributed by atoms with Crippen molar-refractivity contribution in [3.63, 3.8) is 0 Å². The lowest BCUT2D eigenvalue weighted by Gasteiger charge is -2.33. The number of nitrogens with one attached hydrogen (secondary N) is 2. The molecular weight excluding hydrogens is 521 g/mol. The summed E-state index contributed by atoms with van der Waals surface area (Å²) < 4.78 is 20.0. The first-order valence-electron chi connectivity index (χ1n) is 13.3. The van der Waals surface area contributed by atoms with Gasteiger partial charge in [-0.2, -0.15) is 0 Å². The number of amides is 5. The number of benzene rings is 1. The molecule has 2 fully saturated rings. The maximum Gasteiger partial charge on any atom is 0.287 e. The highest BCUT2D eigenvalue weighted by Gasteiger charge is 2.44. The van der Waals surface area contributed by atoms with Gasteiger partial charge in [-0.05, 0) is 37.8 Å². The third-order valence-corrected chi connectivity index (χ3v) is 7.74. The van der Waals surface area contributed by atoms with Gasteiger partial charge in [0.15, 0.2) is 18.3 Å². The molecule has 2 aliphatic heterocycles. The van der Waals surface area contributed by atoms with Gasteiger partial charge in [-0.1, -0.05) is 38.0 Å². The molecular formula is C28H30FN5O6. The Morgan fingerprint density at radius 3 is 2.60 bits per heavy atom. The van der Waals surface area contributed by atoms with Crippen molar-refractivity contribution in [1.82, 2.24) is 20.5 Å². The van der Waals surface area contributed by atoms with Gasteiger partial charge in [0, 0.05) is 19.0 Å². The van der Waals surface area contributed by atoms with Crippen LogP contribution in [0.1, 0.15) is 78.4 Å². The molecule has 2 unspecified atom stereocenters. The van der Waals surface area contributed by atoms with E-state index in [1.807, 2.05) is 0 Å². The summed E-state index contributed by atoms with van der Waals surface area (Å²) in [6.45, 7) is 4.77. The highest BCUT2D eigenvalue weighted by atomic mass is 19.1. The summed E-state index contributed by atoms with van der Waals surface area (Å²) >= 11 is 0. The van der Waals surface area contributed by atoms with Crippen LogP contribution >= 0.6 is 0 Å². The Kier molecular flexibility index (Phi) is 7.51. The van der Waals surface area contributed by atoms with E-state index >= 15 is 0 Å². The Bertz CT molecular complexity index is 1400. The Labute approximate surface area is 229 Å². The third kappa shape index (κ3) is 5.01. The summed E-state index contributed by atoms with van der Waals surface area (Å²) in [6.07, 6.45) is 5.83. The molecule has 3 heterocycles. The van der Waals surface area contributed by atoms with Crippen molar-refractivity contribution in [1.29, 1.82) is 0 Å². The van der Waals surface area contributed by atoms with E-state index in [1.165, 1.54) is 11.0 Å². The molecule has 1 saturated heterocycles. The van der Waals surface area contributed by atoms with Gasteiger partial charge < -0.3 is 14.6 Å².